The Balaban J connectivity index is 2.49. The van der Waals surface area contributed by atoms with Gasteiger partial charge in [0.1, 0.15) is 0 Å². The number of hydrogen-bond donors (Lipinski definition) is 0. The minimum Gasteiger partial charge on any atom is -0.465 e. The second-order valence-electron chi connectivity index (χ2n) is 7.11. The molecular formula is C17H32O2. The summed E-state index contributed by atoms with van der Waals surface area (Å²) in [6.45, 7) is 12.1. The van der Waals surface area contributed by atoms with Crippen molar-refractivity contribution in [1.29, 1.82) is 0 Å². The molecule has 2 heteroatoms. The number of hydrogen-bond acceptors (Lipinski definition) is 2. The Kier molecular flexibility index (Phi) is 6.88. The molecule has 1 fully saturated rings. The summed E-state index contributed by atoms with van der Waals surface area (Å²) in [6, 6.07) is 0. The molecule has 0 heterocycles. The van der Waals surface area contributed by atoms with Gasteiger partial charge in [0.15, 0.2) is 0 Å². The predicted molar refractivity (Wildman–Crippen MR) is 79.8 cm³/mol. The summed E-state index contributed by atoms with van der Waals surface area (Å²) in [5.41, 5.74) is 0. The second-order valence-corrected chi connectivity index (χ2v) is 7.11. The first-order valence-corrected chi connectivity index (χ1v) is 8.04. The van der Waals surface area contributed by atoms with Gasteiger partial charge in [0.05, 0.1) is 6.10 Å². The molecule has 0 radical (unpaired) electrons. The molecule has 0 aromatic carbocycles. The second kappa shape index (κ2) is 7.91. The van der Waals surface area contributed by atoms with Gasteiger partial charge in [-0.05, 0) is 62.2 Å². The van der Waals surface area contributed by atoms with E-state index in [1.807, 2.05) is 6.92 Å². The van der Waals surface area contributed by atoms with Gasteiger partial charge in [-0.15, -0.1) is 0 Å². The van der Waals surface area contributed by atoms with Crippen molar-refractivity contribution in [1.82, 2.24) is 0 Å². The highest BCUT2D eigenvalue weighted by molar-refractivity contribution is 5.37. The van der Waals surface area contributed by atoms with Crippen molar-refractivity contribution in [2.45, 2.75) is 72.8 Å². The molecule has 0 spiro atoms. The molecule has 19 heavy (non-hydrogen) atoms. The molecule has 1 aliphatic rings. The van der Waals surface area contributed by atoms with Crippen molar-refractivity contribution in [3.63, 3.8) is 0 Å². The molecule has 5 atom stereocenters. The molecule has 1 aliphatic carbocycles. The molecule has 1 saturated carbocycles. The van der Waals surface area contributed by atoms with Crippen molar-refractivity contribution >= 4 is 6.47 Å². The molecule has 1 rings (SSSR count). The highest BCUT2D eigenvalue weighted by atomic mass is 16.5. The standard InChI is InChI=1S/C17H32O2/c1-12(2)10-14(4)17-8-6-13(3)16(17)9-7-15(5)19-11-18/h11-17H,6-10H2,1-5H3/t13-,14-,15+,16+,17+/m0/s1. The Morgan fingerprint density at radius 3 is 2.47 bits per heavy atom. The van der Waals surface area contributed by atoms with Gasteiger partial charge in [-0.25, -0.2) is 0 Å². The van der Waals surface area contributed by atoms with E-state index >= 15 is 0 Å². The van der Waals surface area contributed by atoms with Gasteiger partial charge in [-0.3, -0.25) is 4.79 Å². The summed E-state index contributed by atoms with van der Waals surface area (Å²) >= 11 is 0. The summed E-state index contributed by atoms with van der Waals surface area (Å²) in [6.07, 6.45) is 6.41. The zero-order valence-corrected chi connectivity index (χ0v) is 13.4. The molecule has 0 aliphatic heterocycles. The lowest BCUT2D eigenvalue weighted by Gasteiger charge is -2.29. The zero-order chi connectivity index (χ0) is 14.4. The minimum absolute atomic E-state index is 0.0753. The lowest BCUT2D eigenvalue weighted by molar-refractivity contribution is -0.133. The third-order valence-corrected chi connectivity index (χ3v) is 5.00. The van der Waals surface area contributed by atoms with E-state index in [4.69, 9.17) is 4.74 Å². The van der Waals surface area contributed by atoms with Crippen LogP contribution in [-0.2, 0) is 9.53 Å². The molecule has 2 nitrogen and oxygen atoms in total. The van der Waals surface area contributed by atoms with Crippen LogP contribution in [0.1, 0.15) is 66.7 Å². The quantitative estimate of drug-likeness (QED) is 0.598. The Morgan fingerprint density at radius 2 is 1.89 bits per heavy atom. The first kappa shape index (κ1) is 16.5. The van der Waals surface area contributed by atoms with Gasteiger partial charge in [0, 0.05) is 0 Å². The lowest BCUT2D eigenvalue weighted by Crippen LogP contribution is -2.22. The third-order valence-electron chi connectivity index (χ3n) is 5.00. The highest BCUT2D eigenvalue weighted by Crippen LogP contribution is 2.45. The van der Waals surface area contributed by atoms with E-state index in [2.05, 4.69) is 27.7 Å². The van der Waals surface area contributed by atoms with Crippen LogP contribution < -0.4 is 0 Å². The first-order chi connectivity index (χ1) is 8.95. The van der Waals surface area contributed by atoms with Crippen molar-refractivity contribution < 1.29 is 9.53 Å². The fourth-order valence-electron chi connectivity index (χ4n) is 4.02. The maximum atomic E-state index is 10.3. The van der Waals surface area contributed by atoms with E-state index in [-0.39, 0.29) is 6.10 Å². The summed E-state index contributed by atoms with van der Waals surface area (Å²) in [5.74, 6) is 4.16. The van der Waals surface area contributed by atoms with Gasteiger partial charge >= 0.3 is 0 Å². The van der Waals surface area contributed by atoms with Crippen LogP contribution in [0.3, 0.4) is 0 Å². The van der Waals surface area contributed by atoms with Gasteiger partial charge in [0.2, 0.25) is 0 Å². The van der Waals surface area contributed by atoms with Gasteiger partial charge in [-0.2, -0.15) is 0 Å². The van der Waals surface area contributed by atoms with Crippen LogP contribution in [0.25, 0.3) is 0 Å². The minimum atomic E-state index is 0.0753. The number of carbonyl (C=O) groups is 1. The Bertz CT molecular complexity index is 262. The van der Waals surface area contributed by atoms with Crippen LogP contribution in [0.4, 0.5) is 0 Å². The summed E-state index contributed by atoms with van der Waals surface area (Å²) in [7, 11) is 0. The third kappa shape index (κ3) is 5.16. The number of carbonyl (C=O) groups excluding carboxylic acids is 1. The molecule has 112 valence electrons. The normalized spacial score (nSPS) is 30.3. The Hall–Kier alpha value is -0.530. The maximum absolute atomic E-state index is 10.3. The Labute approximate surface area is 119 Å². The van der Waals surface area contributed by atoms with Crippen LogP contribution in [0, 0.1) is 29.6 Å². The van der Waals surface area contributed by atoms with Crippen LogP contribution >= 0.6 is 0 Å². The number of rotatable bonds is 8. The maximum Gasteiger partial charge on any atom is 0.293 e. The largest absolute Gasteiger partial charge is 0.465 e. The molecule has 0 amide bonds. The molecule has 0 saturated heterocycles. The molecule has 0 bridgehead atoms. The van der Waals surface area contributed by atoms with E-state index in [0.29, 0.717) is 6.47 Å². The SMILES string of the molecule is CC(C)C[C@H](C)[C@H]1CC[C@H](C)[C@H]1CC[C@@H](C)OC=O. The molecule has 0 N–H and O–H groups in total. The van der Waals surface area contributed by atoms with Crippen LogP contribution in [-0.4, -0.2) is 12.6 Å². The van der Waals surface area contributed by atoms with Crippen molar-refractivity contribution in [2.24, 2.45) is 29.6 Å². The van der Waals surface area contributed by atoms with Crippen molar-refractivity contribution in [3.8, 4) is 0 Å². The average Bonchev–Trinajstić information content (AvgIpc) is 2.67. The van der Waals surface area contributed by atoms with E-state index in [1.165, 1.54) is 25.7 Å². The van der Waals surface area contributed by atoms with Crippen molar-refractivity contribution in [2.75, 3.05) is 0 Å². The number of ether oxygens (including phenoxy) is 1. The predicted octanol–water partition coefficient (Wildman–Crippen LogP) is 4.67. The smallest absolute Gasteiger partial charge is 0.293 e. The van der Waals surface area contributed by atoms with Crippen LogP contribution in [0.2, 0.25) is 0 Å². The van der Waals surface area contributed by atoms with Gasteiger partial charge in [0.25, 0.3) is 6.47 Å². The van der Waals surface area contributed by atoms with E-state index in [9.17, 15) is 4.79 Å². The molecule has 0 unspecified atom stereocenters. The molecule has 0 aromatic rings. The zero-order valence-electron chi connectivity index (χ0n) is 13.4. The molecule has 0 aromatic heterocycles. The Morgan fingerprint density at radius 1 is 1.21 bits per heavy atom. The van der Waals surface area contributed by atoms with Crippen LogP contribution in [0.5, 0.6) is 0 Å². The average molecular weight is 268 g/mol. The van der Waals surface area contributed by atoms with E-state index < -0.39 is 0 Å². The fraction of sp³-hybridized carbons (Fsp3) is 0.941. The van der Waals surface area contributed by atoms with Crippen LogP contribution in [0.15, 0.2) is 0 Å². The van der Waals surface area contributed by atoms with E-state index in [0.717, 1.165) is 36.0 Å². The summed E-state index contributed by atoms with van der Waals surface area (Å²) < 4.78 is 5.02. The van der Waals surface area contributed by atoms with Gasteiger partial charge < -0.3 is 4.74 Å². The molecular weight excluding hydrogens is 236 g/mol. The summed E-state index contributed by atoms with van der Waals surface area (Å²) in [5, 5.41) is 0. The lowest BCUT2D eigenvalue weighted by atomic mass is 9.76. The van der Waals surface area contributed by atoms with Gasteiger partial charge in [-0.1, -0.05) is 34.1 Å². The monoisotopic (exact) mass is 268 g/mol. The first-order valence-electron chi connectivity index (χ1n) is 8.04. The summed E-state index contributed by atoms with van der Waals surface area (Å²) in [4.78, 5) is 10.3. The van der Waals surface area contributed by atoms with Crippen molar-refractivity contribution in [3.05, 3.63) is 0 Å². The highest BCUT2D eigenvalue weighted by Gasteiger charge is 2.36. The fourth-order valence-corrected chi connectivity index (χ4v) is 4.02. The topological polar surface area (TPSA) is 26.3 Å². The van der Waals surface area contributed by atoms with E-state index in [1.54, 1.807) is 0 Å².